The Bertz CT molecular complexity index is 864. The fourth-order valence-electron chi connectivity index (χ4n) is 3.00. The van der Waals surface area contributed by atoms with E-state index in [1.807, 2.05) is 0 Å². The highest BCUT2D eigenvalue weighted by molar-refractivity contribution is 7.89. The number of rotatable bonds is 6. The van der Waals surface area contributed by atoms with Gasteiger partial charge in [0.25, 0.3) is 0 Å². The minimum atomic E-state index is -4.68. The molecule has 0 bridgehead atoms. The third-order valence-electron chi connectivity index (χ3n) is 4.67. The standard InChI is InChI=1S/C17H21F3N2O6S/c1-10(23)14(16(25)26)21-15(24)11-5-7-22(8-6-11)29(27,28)13-4-2-3-12(9-13)17(18,19)20/h2-4,9-11,14,23H,5-8H2,1H3,(H,21,24)(H,25,26)/t10-,14+/m1/s1. The second-order valence-electron chi connectivity index (χ2n) is 6.77. The molecule has 1 heterocycles. The summed E-state index contributed by atoms with van der Waals surface area (Å²) in [7, 11) is -4.18. The van der Waals surface area contributed by atoms with Crippen LogP contribution in [-0.4, -0.2) is 60.0 Å². The van der Waals surface area contributed by atoms with Crippen LogP contribution in [0.4, 0.5) is 13.2 Å². The SMILES string of the molecule is C[C@@H](O)[C@H](NC(=O)C1CCN(S(=O)(=O)c2cccc(C(F)(F)F)c2)CC1)C(=O)O. The number of aliphatic hydroxyl groups is 1. The highest BCUT2D eigenvalue weighted by Crippen LogP contribution is 2.32. The van der Waals surface area contributed by atoms with Crippen LogP contribution in [0.3, 0.4) is 0 Å². The summed E-state index contributed by atoms with van der Waals surface area (Å²) in [5, 5.41) is 20.6. The highest BCUT2D eigenvalue weighted by atomic mass is 32.2. The molecule has 3 N–H and O–H groups in total. The maximum atomic E-state index is 12.8. The van der Waals surface area contributed by atoms with Crippen LogP contribution >= 0.6 is 0 Å². The number of aliphatic hydroxyl groups excluding tert-OH is 1. The Morgan fingerprint density at radius 2 is 1.83 bits per heavy atom. The zero-order valence-electron chi connectivity index (χ0n) is 15.4. The zero-order chi connectivity index (χ0) is 22.0. The normalized spacial score (nSPS) is 18.8. The first-order chi connectivity index (χ1) is 13.3. The molecule has 1 fully saturated rings. The van der Waals surface area contributed by atoms with Crippen molar-refractivity contribution in [3.63, 3.8) is 0 Å². The molecule has 1 aliphatic rings. The third kappa shape index (κ3) is 5.46. The van der Waals surface area contributed by atoms with Gasteiger partial charge in [-0.15, -0.1) is 0 Å². The van der Waals surface area contributed by atoms with Gasteiger partial charge in [-0.05, 0) is 38.0 Å². The van der Waals surface area contributed by atoms with Crippen molar-refractivity contribution >= 4 is 21.9 Å². The van der Waals surface area contributed by atoms with E-state index in [0.717, 1.165) is 22.5 Å². The minimum absolute atomic E-state index is 0.0656. The minimum Gasteiger partial charge on any atom is -0.480 e. The van der Waals surface area contributed by atoms with Gasteiger partial charge >= 0.3 is 12.1 Å². The van der Waals surface area contributed by atoms with Gasteiger partial charge in [0.1, 0.15) is 0 Å². The van der Waals surface area contributed by atoms with Crippen molar-refractivity contribution in [2.45, 2.75) is 43.0 Å². The predicted octanol–water partition coefficient (Wildman–Crippen LogP) is 1.06. The zero-order valence-corrected chi connectivity index (χ0v) is 16.2. The summed E-state index contributed by atoms with van der Waals surface area (Å²) in [5.41, 5.74) is -1.08. The van der Waals surface area contributed by atoms with Gasteiger partial charge in [0, 0.05) is 19.0 Å². The molecule has 1 aliphatic heterocycles. The highest BCUT2D eigenvalue weighted by Gasteiger charge is 2.36. The largest absolute Gasteiger partial charge is 0.480 e. The van der Waals surface area contributed by atoms with E-state index in [1.165, 1.54) is 6.92 Å². The molecule has 1 aromatic carbocycles. The number of nitrogens with one attached hydrogen (secondary N) is 1. The number of alkyl halides is 3. The summed E-state index contributed by atoms with van der Waals surface area (Å²) in [4.78, 5) is 22.8. The van der Waals surface area contributed by atoms with E-state index in [4.69, 9.17) is 5.11 Å². The number of piperidine rings is 1. The second kappa shape index (κ2) is 8.67. The van der Waals surface area contributed by atoms with Gasteiger partial charge in [-0.3, -0.25) is 4.79 Å². The fourth-order valence-corrected chi connectivity index (χ4v) is 4.52. The number of carbonyl (C=O) groups is 2. The summed E-state index contributed by atoms with van der Waals surface area (Å²) in [6.07, 6.45) is -5.87. The van der Waals surface area contributed by atoms with Crippen molar-refractivity contribution in [2.75, 3.05) is 13.1 Å². The van der Waals surface area contributed by atoms with E-state index < -0.39 is 56.6 Å². The second-order valence-corrected chi connectivity index (χ2v) is 8.71. The van der Waals surface area contributed by atoms with Crippen LogP contribution in [0.5, 0.6) is 0 Å². The van der Waals surface area contributed by atoms with E-state index in [2.05, 4.69) is 5.32 Å². The number of aliphatic carboxylic acids is 1. The van der Waals surface area contributed by atoms with Crippen LogP contribution in [0.2, 0.25) is 0 Å². The van der Waals surface area contributed by atoms with Crippen molar-refractivity contribution in [2.24, 2.45) is 5.92 Å². The van der Waals surface area contributed by atoms with Crippen molar-refractivity contribution in [3.05, 3.63) is 29.8 Å². The van der Waals surface area contributed by atoms with E-state index in [1.54, 1.807) is 0 Å². The number of sulfonamides is 1. The maximum Gasteiger partial charge on any atom is 0.416 e. The lowest BCUT2D eigenvalue weighted by Gasteiger charge is -2.31. The van der Waals surface area contributed by atoms with Gasteiger partial charge in [-0.25, -0.2) is 13.2 Å². The summed E-state index contributed by atoms with van der Waals surface area (Å²) in [6.45, 7) is 0.996. The van der Waals surface area contributed by atoms with Gasteiger partial charge < -0.3 is 15.5 Å². The fraction of sp³-hybridized carbons (Fsp3) is 0.529. The molecule has 0 saturated carbocycles. The maximum absolute atomic E-state index is 12.8. The average molecular weight is 438 g/mol. The number of amides is 1. The monoisotopic (exact) mass is 438 g/mol. The molecule has 1 aromatic rings. The van der Waals surface area contributed by atoms with Crippen molar-refractivity contribution < 1.29 is 41.4 Å². The molecule has 1 saturated heterocycles. The molecule has 0 aliphatic carbocycles. The number of hydrogen-bond donors (Lipinski definition) is 3. The number of nitrogens with zero attached hydrogens (tertiary/aromatic N) is 1. The Balaban J connectivity index is 2.06. The van der Waals surface area contributed by atoms with E-state index >= 15 is 0 Å². The first-order valence-electron chi connectivity index (χ1n) is 8.72. The lowest BCUT2D eigenvalue weighted by atomic mass is 9.96. The van der Waals surface area contributed by atoms with Crippen LogP contribution < -0.4 is 5.32 Å². The van der Waals surface area contributed by atoms with Gasteiger partial charge in [0.05, 0.1) is 16.6 Å². The average Bonchev–Trinajstić information content (AvgIpc) is 2.65. The molecular weight excluding hydrogens is 417 g/mol. The van der Waals surface area contributed by atoms with E-state index in [-0.39, 0.29) is 25.9 Å². The predicted molar refractivity (Wildman–Crippen MR) is 94.2 cm³/mol. The molecule has 0 aromatic heterocycles. The first-order valence-corrected chi connectivity index (χ1v) is 10.2. The number of carboxylic acid groups (broad SMARTS) is 1. The van der Waals surface area contributed by atoms with Crippen LogP contribution in [0, 0.1) is 5.92 Å². The molecule has 0 radical (unpaired) electrons. The Hall–Kier alpha value is -2.18. The number of carboxylic acids is 1. The summed E-state index contributed by atoms with van der Waals surface area (Å²) in [6, 6.07) is 1.93. The van der Waals surface area contributed by atoms with Crippen molar-refractivity contribution in [3.8, 4) is 0 Å². The van der Waals surface area contributed by atoms with Crippen molar-refractivity contribution in [1.82, 2.24) is 9.62 Å². The number of benzene rings is 1. The quantitative estimate of drug-likeness (QED) is 0.610. The smallest absolute Gasteiger partial charge is 0.416 e. The molecule has 8 nitrogen and oxygen atoms in total. The van der Waals surface area contributed by atoms with Crippen molar-refractivity contribution in [1.29, 1.82) is 0 Å². The molecule has 2 atom stereocenters. The molecule has 29 heavy (non-hydrogen) atoms. The Kier molecular flexibility index (Phi) is 6.91. The molecule has 1 amide bonds. The number of carbonyl (C=O) groups excluding carboxylic acids is 1. The number of hydrogen-bond acceptors (Lipinski definition) is 5. The molecule has 0 unspecified atom stereocenters. The van der Waals surface area contributed by atoms with Gasteiger partial charge in [-0.2, -0.15) is 17.5 Å². The van der Waals surface area contributed by atoms with Crippen LogP contribution in [0.25, 0.3) is 0 Å². The van der Waals surface area contributed by atoms with Crippen LogP contribution in [-0.2, 0) is 25.8 Å². The molecule has 12 heteroatoms. The lowest BCUT2D eigenvalue weighted by molar-refractivity contribution is -0.145. The number of halogens is 3. The molecule has 2 rings (SSSR count). The van der Waals surface area contributed by atoms with E-state index in [9.17, 15) is 36.3 Å². The molecule has 162 valence electrons. The molecular formula is C17H21F3N2O6S. The topological polar surface area (TPSA) is 124 Å². The Morgan fingerprint density at radius 1 is 1.24 bits per heavy atom. The van der Waals surface area contributed by atoms with Gasteiger partial charge in [0.2, 0.25) is 15.9 Å². The third-order valence-corrected chi connectivity index (χ3v) is 6.56. The lowest BCUT2D eigenvalue weighted by Crippen LogP contribution is -2.51. The first kappa shape index (κ1) is 23.1. The summed E-state index contributed by atoms with van der Waals surface area (Å²) < 4.78 is 64.8. The van der Waals surface area contributed by atoms with Crippen LogP contribution in [0.1, 0.15) is 25.3 Å². The van der Waals surface area contributed by atoms with E-state index in [0.29, 0.717) is 6.07 Å². The van der Waals surface area contributed by atoms with Gasteiger partial charge in [-0.1, -0.05) is 6.07 Å². The Morgan fingerprint density at radius 3 is 2.31 bits per heavy atom. The summed E-state index contributed by atoms with van der Waals surface area (Å²) in [5.74, 6) is -2.71. The molecule has 0 spiro atoms. The van der Waals surface area contributed by atoms with Crippen LogP contribution in [0.15, 0.2) is 29.2 Å². The van der Waals surface area contributed by atoms with Gasteiger partial charge in [0.15, 0.2) is 6.04 Å². The Labute approximate surface area is 165 Å². The summed E-state index contributed by atoms with van der Waals surface area (Å²) >= 11 is 0.